The number of benzene rings is 1. The minimum absolute atomic E-state index is 0.411. The number of rotatable bonds is 6. The molecule has 0 saturated heterocycles. The van der Waals surface area contributed by atoms with Gasteiger partial charge >= 0.3 is 0 Å². The van der Waals surface area contributed by atoms with Gasteiger partial charge in [0, 0.05) is 52.4 Å². The Balaban J connectivity index is 1.56. The Labute approximate surface area is 162 Å². The Hall–Kier alpha value is -2.50. The quantitative estimate of drug-likeness (QED) is 0.628. The van der Waals surface area contributed by atoms with Crippen LogP contribution in [0.4, 0.5) is 0 Å². The highest BCUT2D eigenvalue weighted by molar-refractivity contribution is 5.79. The van der Waals surface area contributed by atoms with E-state index in [1.807, 2.05) is 18.8 Å². The van der Waals surface area contributed by atoms with Crippen LogP contribution in [0.3, 0.4) is 0 Å². The molecule has 2 aromatic rings. The third-order valence-electron chi connectivity index (χ3n) is 4.92. The number of nitrogens with one attached hydrogen (secondary N) is 1. The molecule has 0 radical (unpaired) electrons. The molecule has 0 bridgehead atoms. The van der Waals surface area contributed by atoms with Crippen LogP contribution in [0.1, 0.15) is 42.1 Å². The van der Waals surface area contributed by atoms with Crippen LogP contribution in [0.5, 0.6) is 5.75 Å². The molecule has 1 aliphatic heterocycles. The summed E-state index contributed by atoms with van der Waals surface area (Å²) in [5, 5.41) is 8.08. The molecule has 0 saturated carbocycles. The first-order chi connectivity index (χ1) is 13.0. The van der Waals surface area contributed by atoms with E-state index in [1.54, 1.807) is 0 Å². The van der Waals surface area contributed by atoms with Gasteiger partial charge in [-0.2, -0.15) is 5.10 Å². The van der Waals surface area contributed by atoms with E-state index < -0.39 is 0 Å². The highest BCUT2D eigenvalue weighted by Gasteiger charge is 2.15. The lowest BCUT2D eigenvalue weighted by Crippen LogP contribution is -2.39. The fraction of sp³-hybridized carbons (Fsp3) is 0.524. The molecule has 0 spiro atoms. The van der Waals surface area contributed by atoms with Crippen molar-refractivity contribution in [2.45, 2.75) is 39.2 Å². The van der Waals surface area contributed by atoms with Crippen molar-refractivity contribution in [3.05, 3.63) is 46.8 Å². The largest absolute Gasteiger partial charge is 0.493 e. The van der Waals surface area contributed by atoms with E-state index in [-0.39, 0.29) is 0 Å². The maximum atomic E-state index is 5.58. The van der Waals surface area contributed by atoms with Gasteiger partial charge in [0.1, 0.15) is 5.75 Å². The molecule has 0 amide bonds. The highest BCUT2D eigenvalue weighted by atomic mass is 16.5. The third kappa shape index (κ3) is 4.62. The molecule has 146 valence electrons. The Morgan fingerprint density at radius 3 is 2.96 bits per heavy atom. The van der Waals surface area contributed by atoms with Gasteiger partial charge in [0.25, 0.3) is 0 Å². The Morgan fingerprint density at radius 2 is 2.22 bits per heavy atom. The minimum atomic E-state index is 0.411. The van der Waals surface area contributed by atoms with Crippen LogP contribution in [0.15, 0.2) is 29.4 Å². The number of hydrogen-bond acceptors (Lipinski definition) is 3. The predicted molar refractivity (Wildman–Crippen MR) is 109 cm³/mol. The van der Waals surface area contributed by atoms with Crippen molar-refractivity contribution in [3.63, 3.8) is 0 Å². The zero-order valence-corrected chi connectivity index (χ0v) is 17.1. The average Bonchev–Trinajstić information content (AvgIpc) is 3.24. The van der Waals surface area contributed by atoms with Crippen LogP contribution >= 0.6 is 0 Å². The summed E-state index contributed by atoms with van der Waals surface area (Å²) < 4.78 is 7.48. The topological polar surface area (TPSA) is 54.7 Å². The summed E-state index contributed by atoms with van der Waals surface area (Å²) in [5.41, 5.74) is 5.06. The number of aliphatic imine (C=N–C) groups is 1. The third-order valence-corrected chi connectivity index (χ3v) is 4.92. The lowest BCUT2D eigenvalue weighted by molar-refractivity contribution is 0.357. The summed E-state index contributed by atoms with van der Waals surface area (Å²) in [6.45, 7) is 6.81. The molecule has 6 nitrogen and oxygen atoms in total. The Bertz CT molecular complexity index is 809. The van der Waals surface area contributed by atoms with Gasteiger partial charge in [0.15, 0.2) is 5.96 Å². The average molecular weight is 370 g/mol. The summed E-state index contributed by atoms with van der Waals surface area (Å²) in [6.07, 6.45) is 4.08. The molecule has 1 N–H and O–H groups in total. The van der Waals surface area contributed by atoms with E-state index in [0.717, 1.165) is 49.9 Å². The smallest absolute Gasteiger partial charge is 0.193 e. The number of aromatic nitrogens is 2. The van der Waals surface area contributed by atoms with Gasteiger partial charge in [0.2, 0.25) is 0 Å². The number of fused-ring (bicyclic) bond motifs is 1. The highest BCUT2D eigenvalue weighted by Crippen LogP contribution is 2.25. The summed E-state index contributed by atoms with van der Waals surface area (Å²) in [4.78, 5) is 6.59. The molecule has 3 rings (SSSR count). The molecule has 6 heteroatoms. The maximum Gasteiger partial charge on any atom is 0.193 e. The van der Waals surface area contributed by atoms with Gasteiger partial charge < -0.3 is 15.0 Å². The molecule has 0 fully saturated rings. The van der Waals surface area contributed by atoms with E-state index in [4.69, 9.17) is 4.74 Å². The van der Waals surface area contributed by atoms with Crippen LogP contribution in [0.2, 0.25) is 0 Å². The maximum absolute atomic E-state index is 5.58. The van der Waals surface area contributed by atoms with Gasteiger partial charge in [-0.15, -0.1) is 0 Å². The van der Waals surface area contributed by atoms with Gasteiger partial charge in [-0.3, -0.25) is 9.67 Å². The van der Waals surface area contributed by atoms with Crippen molar-refractivity contribution in [2.24, 2.45) is 12.0 Å². The van der Waals surface area contributed by atoms with Gasteiger partial charge in [0.05, 0.1) is 12.3 Å². The summed E-state index contributed by atoms with van der Waals surface area (Å²) in [7, 11) is 5.88. The van der Waals surface area contributed by atoms with Crippen LogP contribution in [0, 0.1) is 0 Å². The van der Waals surface area contributed by atoms with E-state index in [1.165, 1.54) is 16.7 Å². The lowest BCUT2D eigenvalue weighted by Gasteiger charge is -2.22. The molecular formula is C21H31N5O. The second-order valence-corrected chi connectivity index (χ2v) is 7.49. The SMILES string of the molecule is CN=C(NCCc1ccc2c(c1)CCO2)N(C)Cc1cn(C)nc1C(C)C. The molecule has 27 heavy (non-hydrogen) atoms. The molecular weight excluding hydrogens is 338 g/mol. The van der Waals surface area contributed by atoms with Crippen molar-refractivity contribution < 1.29 is 4.74 Å². The second-order valence-electron chi connectivity index (χ2n) is 7.49. The molecule has 1 aliphatic rings. The molecule has 0 aliphatic carbocycles. The fourth-order valence-corrected chi connectivity index (χ4v) is 3.59. The summed E-state index contributed by atoms with van der Waals surface area (Å²) in [6, 6.07) is 6.51. The van der Waals surface area contributed by atoms with Gasteiger partial charge in [-0.05, 0) is 29.5 Å². The van der Waals surface area contributed by atoms with Gasteiger partial charge in [-0.1, -0.05) is 26.0 Å². The Kier molecular flexibility index (Phi) is 6.04. The van der Waals surface area contributed by atoms with E-state index in [9.17, 15) is 0 Å². The summed E-state index contributed by atoms with van der Waals surface area (Å²) in [5.74, 6) is 2.35. The number of guanidine groups is 1. The van der Waals surface area contributed by atoms with Crippen molar-refractivity contribution in [1.82, 2.24) is 20.0 Å². The van der Waals surface area contributed by atoms with Crippen molar-refractivity contribution in [3.8, 4) is 5.75 Å². The molecule has 1 aromatic heterocycles. The van der Waals surface area contributed by atoms with Crippen molar-refractivity contribution in [2.75, 3.05) is 27.2 Å². The van der Waals surface area contributed by atoms with Crippen molar-refractivity contribution in [1.29, 1.82) is 0 Å². The Morgan fingerprint density at radius 1 is 1.41 bits per heavy atom. The van der Waals surface area contributed by atoms with Crippen LogP contribution in [-0.4, -0.2) is 47.9 Å². The molecule has 1 aromatic carbocycles. The molecule has 0 unspecified atom stereocenters. The first-order valence-corrected chi connectivity index (χ1v) is 9.66. The molecule has 0 atom stereocenters. The normalized spacial score (nSPS) is 13.6. The first kappa shape index (κ1) is 19.3. The van der Waals surface area contributed by atoms with Crippen molar-refractivity contribution >= 4 is 5.96 Å². The van der Waals surface area contributed by atoms with Crippen LogP contribution in [0.25, 0.3) is 0 Å². The number of hydrogen-bond donors (Lipinski definition) is 1. The van der Waals surface area contributed by atoms with Crippen LogP contribution in [-0.2, 0) is 26.4 Å². The minimum Gasteiger partial charge on any atom is -0.493 e. The van der Waals surface area contributed by atoms with E-state index in [0.29, 0.717) is 5.92 Å². The number of nitrogens with zero attached hydrogens (tertiary/aromatic N) is 4. The zero-order valence-electron chi connectivity index (χ0n) is 17.1. The predicted octanol–water partition coefficient (Wildman–Crippen LogP) is 2.73. The monoisotopic (exact) mass is 369 g/mol. The first-order valence-electron chi connectivity index (χ1n) is 9.66. The number of ether oxygens (including phenoxy) is 1. The summed E-state index contributed by atoms with van der Waals surface area (Å²) >= 11 is 0. The van der Waals surface area contributed by atoms with Crippen LogP contribution < -0.4 is 10.1 Å². The van der Waals surface area contributed by atoms with E-state index in [2.05, 4.69) is 65.6 Å². The standard InChI is InChI=1S/C21H31N5O/c1-15(2)20-18(14-26(5)24-20)13-25(4)21(22-3)23-10-8-16-6-7-19-17(12-16)9-11-27-19/h6-7,12,14-15H,8-11,13H2,1-5H3,(H,22,23). The molecule has 2 heterocycles. The fourth-order valence-electron chi connectivity index (χ4n) is 3.59. The zero-order chi connectivity index (χ0) is 19.4. The second kappa shape index (κ2) is 8.46. The lowest BCUT2D eigenvalue weighted by atomic mass is 10.1. The van der Waals surface area contributed by atoms with E-state index >= 15 is 0 Å². The van der Waals surface area contributed by atoms with Gasteiger partial charge in [-0.25, -0.2) is 0 Å². The number of aryl methyl sites for hydroxylation is 1.